The number of nitrogens with two attached hydrogens (primary N) is 1. The van der Waals surface area contributed by atoms with Gasteiger partial charge >= 0.3 is 0 Å². The third-order valence-electron chi connectivity index (χ3n) is 1.86. The molecule has 0 aliphatic carbocycles. The van der Waals surface area contributed by atoms with Crippen molar-refractivity contribution in [3.63, 3.8) is 0 Å². The second kappa shape index (κ2) is 5.11. The van der Waals surface area contributed by atoms with Gasteiger partial charge in [0, 0.05) is 13.0 Å². The molecule has 0 radical (unpaired) electrons. The summed E-state index contributed by atoms with van der Waals surface area (Å²) < 4.78 is 12.8. The van der Waals surface area contributed by atoms with Crippen LogP contribution in [0, 0.1) is 5.82 Å². The SMILES string of the molecule is NC(=O)CCNC(=O)c1cc(F)ccc1O. The summed E-state index contributed by atoms with van der Waals surface area (Å²) in [7, 11) is 0. The summed E-state index contributed by atoms with van der Waals surface area (Å²) in [5.41, 5.74) is 4.70. The monoisotopic (exact) mass is 226 g/mol. The first-order valence-corrected chi connectivity index (χ1v) is 4.55. The predicted octanol–water partition coefficient (Wildman–Crippen LogP) is 0.136. The highest BCUT2D eigenvalue weighted by molar-refractivity contribution is 5.96. The van der Waals surface area contributed by atoms with Crippen molar-refractivity contribution >= 4 is 11.8 Å². The number of carbonyl (C=O) groups excluding carboxylic acids is 2. The lowest BCUT2D eigenvalue weighted by Gasteiger charge is -2.05. The van der Waals surface area contributed by atoms with E-state index >= 15 is 0 Å². The molecule has 6 heteroatoms. The summed E-state index contributed by atoms with van der Waals surface area (Å²) in [4.78, 5) is 21.8. The van der Waals surface area contributed by atoms with E-state index in [0.717, 1.165) is 18.2 Å². The van der Waals surface area contributed by atoms with Crippen LogP contribution in [0.25, 0.3) is 0 Å². The summed E-state index contributed by atoms with van der Waals surface area (Å²) in [6.07, 6.45) is -0.0121. The first-order chi connectivity index (χ1) is 7.50. The Hall–Kier alpha value is -2.11. The second-order valence-electron chi connectivity index (χ2n) is 3.13. The Bertz CT molecular complexity index is 421. The molecule has 0 unspecified atom stereocenters. The minimum Gasteiger partial charge on any atom is -0.507 e. The van der Waals surface area contributed by atoms with Crippen molar-refractivity contribution in [3.8, 4) is 5.75 Å². The van der Waals surface area contributed by atoms with Crippen molar-refractivity contribution < 1.29 is 19.1 Å². The number of rotatable bonds is 4. The van der Waals surface area contributed by atoms with Crippen LogP contribution in [0.15, 0.2) is 18.2 Å². The zero-order valence-corrected chi connectivity index (χ0v) is 8.37. The van der Waals surface area contributed by atoms with E-state index in [1.165, 1.54) is 0 Å². The van der Waals surface area contributed by atoms with Crippen molar-refractivity contribution in [2.75, 3.05) is 6.54 Å². The quantitative estimate of drug-likeness (QED) is 0.681. The molecule has 0 aromatic heterocycles. The second-order valence-corrected chi connectivity index (χ2v) is 3.13. The van der Waals surface area contributed by atoms with Crippen LogP contribution in [0.1, 0.15) is 16.8 Å². The van der Waals surface area contributed by atoms with Crippen molar-refractivity contribution in [2.24, 2.45) is 5.73 Å². The molecule has 1 rings (SSSR count). The average molecular weight is 226 g/mol. The van der Waals surface area contributed by atoms with E-state index in [0.29, 0.717) is 0 Å². The van der Waals surface area contributed by atoms with E-state index in [4.69, 9.17) is 5.73 Å². The van der Waals surface area contributed by atoms with Gasteiger partial charge in [0.2, 0.25) is 5.91 Å². The lowest BCUT2D eigenvalue weighted by Crippen LogP contribution is -2.27. The van der Waals surface area contributed by atoms with E-state index < -0.39 is 17.6 Å². The standard InChI is InChI=1S/C10H11FN2O3/c11-6-1-2-8(14)7(5-6)10(16)13-4-3-9(12)15/h1-2,5,14H,3-4H2,(H2,12,15)(H,13,16). The number of primary amides is 1. The maximum Gasteiger partial charge on any atom is 0.255 e. The minimum atomic E-state index is -0.654. The molecule has 0 heterocycles. The molecule has 1 aromatic rings. The zero-order valence-electron chi connectivity index (χ0n) is 8.37. The van der Waals surface area contributed by atoms with Crippen LogP contribution >= 0.6 is 0 Å². The highest BCUT2D eigenvalue weighted by atomic mass is 19.1. The van der Waals surface area contributed by atoms with Crippen LogP contribution in [0.4, 0.5) is 4.39 Å². The van der Waals surface area contributed by atoms with Gasteiger partial charge in [-0.3, -0.25) is 9.59 Å². The number of amides is 2. The van der Waals surface area contributed by atoms with E-state index in [1.807, 2.05) is 0 Å². The van der Waals surface area contributed by atoms with Crippen LogP contribution in [0.2, 0.25) is 0 Å². The lowest BCUT2D eigenvalue weighted by atomic mass is 10.2. The molecular formula is C10H11FN2O3. The van der Waals surface area contributed by atoms with Gasteiger partial charge < -0.3 is 16.2 Å². The molecule has 0 atom stereocenters. The van der Waals surface area contributed by atoms with Crippen LogP contribution in [0.3, 0.4) is 0 Å². The van der Waals surface area contributed by atoms with E-state index in [9.17, 15) is 19.1 Å². The summed E-state index contributed by atoms with van der Waals surface area (Å²) in [5, 5.41) is 11.6. The predicted molar refractivity (Wildman–Crippen MR) is 54.2 cm³/mol. The maximum absolute atomic E-state index is 12.8. The number of carbonyl (C=O) groups is 2. The highest BCUT2D eigenvalue weighted by Gasteiger charge is 2.11. The number of halogens is 1. The molecule has 0 aliphatic heterocycles. The van der Waals surface area contributed by atoms with E-state index in [1.54, 1.807) is 0 Å². The molecule has 0 fully saturated rings. The van der Waals surface area contributed by atoms with Gasteiger partial charge in [-0.25, -0.2) is 4.39 Å². The smallest absolute Gasteiger partial charge is 0.255 e. The van der Waals surface area contributed by atoms with Gasteiger partial charge in [0.1, 0.15) is 11.6 Å². The third-order valence-corrected chi connectivity index (χ3v) is 1.86. The molecular weight excluding hydrogens is 215 g/mol. The number of hydrogen-bond acceptors (Lipinski definition) is 3. The van der Waals surface area contributed by atoms with Crippen molar-refractivity contribution in [1.82, 2.24) is 5.32 Å². The minimum absolute atomic E-state index is 0.0121. The van der Waals surface area contributed by atoms with Crippen molar-refractivity contribution in [1.29, 1.82) is 0 Å². The average Bonchev–Trinajstić information content (AvgIpc) is 2.21. The van der Waals surface area contributed by atoms with Gasteiger partial charge in [-0.2, -0.15) is 0 Å². The van der Waals surface area contributed by atoms with Gasteiger partial charge in [0.15, 0.2) is 0 Å². The molecule has 0 saturated carbocycles. The van der Waals surface area contributed by atoms with E-state index in [2.05, 4.69) is 5.32 Å². The molecule has 1 aromatic carbocycles. The molecule has 0 bridgehead atoms. The summed E-state index contributed by atoms with van der Waals surface area (Å²) in [6.45, 7) is 0.0458. The molecule has 4 N–H and O–H groups in total. The van der Waals surface area contributed by atoms with Crippen LogP contribution in [-0.2, 0) is 4.79 Å². The number of phenols is 1. The number of benzene rings is 1. The summed E-state index contributed by atoms with van der Waals surface area (Å²) in [5.74, 6) is -2.15. The summed E-state index contributed by atoms with van der Waals surface area (Å²) in [6, 6.07) is 3.03. The molecule has 0 aliphatic rings. The Morgan fingerprint density at radius 2 is 2.12 bits per heavy atom. The Labute approximate surface area is 91.1 Å². The normalized spacial score (nSPS) is 9.81. The Morgan fingerprint density at radius 3 is 2.75 bits per heavy atom. The first-order valence-electron chi connectivity index (χ1n) is 4.55. The van der Waals surface area contributed by atoms with Crippen molar-refractivity contribution in [3.05, 3.63) is 29.6 Å². The molecule has 0 saturated heterocycles. The van der Waals surface area contributed by atoms with Gasteiger partial charge in [-0.05, 0) is 18.2 Å². The fourth-order valence-electron chi connectivity index (χ4n) is 1.08. The molecule has 5 nitrogen and oxygen atoms in total. The number of phenolic OH excluding ortho intramolecular Hbond substituents is 1. The van der Waals surface area contributed by atoms with Gasteiger partial charge in [0.05, 0.1) is 5.56 Å². The van der Waals surface area contributed by atoms with Crippen LogP contribution < -0.4 is 11.1 Å². The molecule has 86 valence electrons. The van der Waals surface area contributed by atoms with Gasteiger partial charge in [0.25, 0.3) is 5.91 Å². The Balaban J connectivity index is 2.65. The zero-order chi connectivity index (χ0) is 12.1. The molecule has 16 heavy (non-hydrogen) atoms. The fourth-order valence-corrected chi connectivity index (χ4v) is 1.08. The van der Waals surface area contributed by atoms with Crippen LogP contribution in [-0.4, -0.2) is 23.5 Å². The first kappa shape index (κ1) is 12.0. The fraction of sp³-hybridized carbons (Fsp3) is 0.200. The third kappa shape index (κ3) is 3.23. The number of aromatic hydroxyl groups is 1. The Morgan fingerprint density at radius 1 is 1.44 bits per heavy atom. The van der Waals surface area contributed by atoms with E-state index in [-0.39, 0.29) is 24.3 Å². The molecule has 2 amide bonds. The van der Waals surface area contributed by atoms with Crippen molar-refractivity contribution in [2.45, 2.75) is 6.42 Å². The highest BCUT2D eigenvalue weighted by Crippen LogP contribution is 2.17. The topological polar surface area (TPSA) is 92.4 Å². The van der Waals surface area contributed by atoms with Gasteiger partial charge in [-0.15, -0.1) is 0 Å². The maximum atomic E-state index is 12.8. The summed E-state index contributed by atoms with van der Waals surface area (Å²) >= 11 is 0. The lowest BCUT2D eigenvalue weighted by molar-refractivity contribution is -0.117. The number of nitrogens with one attached hydrogen (secondary N) is 1. The van der Waals surface area contributed by atoms with Crippen LogP contribution in [0.5, 0.6) is 5.75 Å². The molecule has 0 spiro atoms. The Kier molecular flexibility index (Phi) is 3.82. The number of hydrogen-bond donors (Lipinski definition) is 3. The largest absolute Gasteiger partial charge is 0.507 e. The van der Waals surface area contributed by atoms with Gasteiger partial charge in [-0.1, -0.05) is 0 Å².